The number of nitrogens with zero attached hydrogens (tertiary/aromatic N) is 9. The van der Waals surface area contributed by atoms with Crippen LogP contribution in [-0.4, -0.2) is 172 Å². The summed E-state index contributed by atoms with van der Waals surface area (Å²) in [6, 6.07) is 41.8. The Labute approximate surface area is 761 Å². The summed E-state index contributed by atoms with van der Waals surface area (Å²) in [5.41, 5.74) is 21.0. The van der Waals surface area contributed by atoms with Crippen molar-refractivity contribution in [3.05, 3.63) is 167 Å². The molecule has 0 saturated carbocycles. The second-order valence-corrected chi connectivity index (χ2v) is 40.4. The first kappa shape index (κ1) is 109. The van der Waals surface area contributed by atoms with Gasteiger partial charge in [0.15, 0.2) is 19.9 Å². The zero-order valence-electron chi connectivity index (χ0n) is 81.6. The molecule has 8 rings (SSSR count). The fraction of sp³-hybridized carbons (Fsp3) is 0.635. The Morgan fingerprint density at radius 3 is 1.17 bits per heavy atom. The van der Waals surface area contributed by atoms with E-state index >= 15 is 0 Å². The summed E-state index contributed by atoms with van der Waals surface area (Å²) >= 11 is 0. The first-order valence-electron chi connectivity index (χ1n) is 47.8. The van der Waals surface area contributed by atoms with E-state index in [0.29, 0.717) is 88.4 Å². The van der Waals surface area contributed by atoms with Gasteiger partial charge in [0.2, 0.25) is 23.2 Å². The highest BCUT2D eigenvalue weighted by atomic mass is 31.2. The summed E-state index contributed by atoms with van der Waals surface area (Å²) in [5.74, 6) is 0.311. The number of para-hydroxylation sites is 4. The van der Waals surface area contributed by atoms with Crippen LogP contribution >= 0.6 is 17.0 Å². The van der Waals surface area contributed by atoms with Crippen molar-refractivity contribution in [1.82, 2.24) is 24.6 Å². The number of rotatable bonds is 52. The Morgan fingerprint density at radius 1 is 0.448 bits per heavy atom. The number of allylic oxidation sites excluding steroid dienone is 8. The van der Waals surface area contributed by atoms with Crippen LogP contribution < -0.4 is 26.2 Å². The smallest absolute Gasteiger partial charge is 0.259 e. The van der Waals surface area contributed by atoms with Crippen molar-refractivity contribution in [3.63, 3.8) is 0 Å². The van der Waals surface area contributed by atoms with E-state index in [4.69, 9.17) is 40.0 Å². The summed E-state index contributed by atoms with van der Waals surface area (Å²) in [6.07, 6.45) is 34.0. The molecule has 6 N–H and O–H groups in total. The van der Waals surface area contributed by atoms with Crippen LogP contribution in [0.5, 0.6) is 0 Å². The van der Waals surface area contributed by atoms with Gasteiger partial charge >= 0.3 is 0 Å². The summed E-state index contributed by atoms with van der Waals surface area (Å²) in [4.78, 5) is 29.8. The lowest BCUT2D eigenvalue weighted by atomic mass is 9.81. The average molecular weight is 1760 g/mol. The molecule has 4 aromatic carbocycles. The summed E-state index contributed by atoms with van der Waals surface area (Å²) in [5, 5.41) is 41.1. The monoisotopic (exact) mass is 1760 g/mol. The number of unbranched alkanes of at least 4 members (excludes halogenated alkanes) is 13. The molecule has 4 aliphatic heterocycles. The van der Waals surface area contributed by atoms with Gasteiger partial charge in [-0.1, -0.05) is 151 Å². The highest BCUT2D eigenvalue weighted by molar-refractivity contribution is 7.47. The third kappa shape index (κ3) is 32.4. The van der Waals surface area contributed by atoms with Gasteiger partial charge in [-0.25, -0.2) is 14.0 Å². The molecule has 1 unspecified atom stereocenters. The first-order chi connectivity index (χ1) is 59.7. The van der Waals surface area contributed by atoms with Crippen molar-refractivity contribution in [3.8, 4) is 12.1 Å². The van der Waals surface area contributed by atoms with Gasteiger partial charge in [0.1, 0.15) is 13.1 Å². The van der Waals surface area contributed by atoms with E-state index < -0.39 is 17.0 Å². The van der Waals surface area contributed by atoms with Crippen molar-refractivity contribution < 1.29 is 42.5 Å². The Bertz CT molecular complexity index is 4090. The molecular weight excluding hydrogens is 1590 g/mol. The molecule has 4 heterocycles. The normalized spacial score (nSPS) is 16.2. The van der Waals surface area contributed by atoms with E-state index in [9.17, 15) is 9.59 Å². The molecule has 0 saturated heterocycles. The van der Waals surface area contributed by atoms with Crippen molar-refractivity contribution >= 4 is 63.0 Å². The topological polar surface area (TPSA) is 222 Å². The highest BCUT2D eigenvalue weighted by Gasteiger charge is 2.47. The van der Waals surface area contributed by atoms with Crippen molar-refractivity contribution in [2.24, 2.45) is 5.73 Å². The maximum absolute atomic E-state index is 12.6. The maximum Gasteiger partial charge on any atom is 0.259 e. The molecule has 21 heteroatoms. The van der Waals surface area contributed by atoms with E-state index in [1.807, 2.05) is 0 Å². The maximum atomic E-state index is 12.6. The molecular formula is C104H168N12O7P2+2. The molecule has 19 nitrogen and oxygen atoms in total. The number of carbonyl (C=O) groups excluding carboxylic acids is 2. The molecule has 4 aliphatic rings. The first-order valence-corrected chi connectivity index (χ1v) is 50.1. The van der Waals surface area contributed by atoms with Gasteiger partial charge < -0.3 is 50.0 Å². The van der Waals surface area contributed by atoms with Gasteiger partial charge in [0.05, 0.1) is 55.6 Å². The Kier molecular flexibility index (Phi) is 49.2. The van der Waals surface area contributed by atoms with Crippen LogP contribution in [0.2, 0.25) is 0 Å². The number of carbonyl (C=O) groups is 2. The zero-order chi connectivity index (χ0) is 92.3. The number of nitrogens with two attached hydrogens (primary N) is 1. The minimum atomic E-state index is -1.18. The largest absolute Gasteiger partial charge is 0.396 e. The molecule has 0 aromatic heterocycles. The SMILES string of the molecule is CC(C)N(C(C)C)P(OCCC#N)N(C(C)C)C(C)C.CCN1C(=CC=CC2=[N+](CCCCCC(=O)NCCCCCCO)c3ccccc3C2(C)C)C(C)(C)c2ccccc21.CCN1C(=CC=CC2=[N+](CCCCCC(=O)NCCCCCCOP(OCCC#N)N(C(C)C)C(C)C)c3ccccc3C2(C)C)C(C)(C)c2ccccc21.NCCCCCCO. The van der Waals surface area contributed by atoms with Gasteiger partial charge in [-0.15, -0.1) is 0 Å². The Morgan fingerprint density at radius 2 is 0.792 bits per heavy atom. The molecule has 694 valence electrons. The van der Waals surface area contributed by atoms with E-state index in [0.717, 1.165) is 161 Å². The number of nitrogens with one attached hydrogen (secondary N) is 2. The zero-order valence-corrected chi connectivity index (χ0v) is 83.4. The van der Waals surface area contributed by atoms with Crippen molar-refractivity contribution in [1.29, 1.82) is 10.5 Å². The van der Waals surface area contributed by atoms with E-state index in [2.05, 4.69) is 342 Å². The number of hydrogen-bond acceptors (Lipinski definition) is 15. The van der Waals surface area contributed by atoms with Crippen LogP contribution in [0.15, 0.2) is 145 Å². The quantitative estimate of drug-likeness (QED) is 0.0158. The molecule has 0 aliphatic carbocycles. The molecule has 0 fully saturated rings. The molecule has 0 spiro atoms. The molecule has 0 radical (unpaired) electrons. The van der Waals surface area contributed by atoms with Crippen LogP contribution in [0, 0.1) is 22.7 Å². The number of likely N-dealkylation sites (N-methyl/N-ethyl adjacent to an activating group) is 2. The molecule has 4 aromatic rings. The number of hydrogen-bond donors (Lipinski definition) is 5. The van der Waals surface area contributed by atoms with Gasteiger partial charge in [-0.2, -0.15) is 19.7 Å². The Balaban J connectivity index is 0.000000346. The predicted octanol–water partition coefficient (Wildman–Crippen LogP) is 23.3. The highest BCUT2D eigenvalue weighted by Crippen LogP contribution is 2.53. The van der Waals surface area contributed by atoms with E-state index in [1.165, 1.54) is 67.8 Å². The van der Waals surface area contributed by atoms with E-state index in [-0.39, 0.29) is 40.1 Å². The van der Waals surface area contributed by atoms with Crippen molar-refractivity contribution in [2.45, 2.75) is 351 Å². The third-order valence-electron chi connectivity index (χ3n) is 24.1. The second-order valence-electron chi connectivity index (χ2n) is 37.3. The summed E-state index contributed by atoms with van der Waals surface area (Å²) in [7, 11) is -2.02. The summed E-state index contributed by atoms with van der Waals surface area (Å²) < 4.78 is 30.5. The lowest BCUT2D eigenvalue weighted by Crippen LogP contribution is -2.43. The van der Waals surface area contributed by atoms with Crippen LogP contribution in [0.1, 0.15) is 316 Å². The molecule has 1 atom stereocenters. The van der Waals surface area contributed by atoms with Gasteiger partial charge in [-0.05, 0) is 231 Å². The van der Waals surface area contributed by atoms with Crippen LogP contribution in [0.3, 0.4) is 0 Å². The van der Waals surface area contributed by atoms with E-state index in [1.54, 1.807) is 0 Å². The standard InChI is InChI=1S/C46H68N5O3P.C37H51N3O2.C15H32N3OP.C6H15NO/c1-10-49-40-26-17-15-24-38(40)45(6,7)42(49)28-22-29-43-46(8,9)39-25-16-18-27-41(39)50(43)33-20-13-14-30-44(52)48-32-19-11-12-21-34-53-55(54-35-23-31-47)51(36(2)3)37(4)5;1-6-39-31-21-13-11-19-29(31)36(2,3)33(39)23-18-24-34-37(4,5)30-20-12-14-22-32(30)40(34)27-16-9-10-25-35(42)38-26-15-7-8-17-28-41;1-12(2)17(13(3)4)20(19-11-9-10-16)18(14(5)6)15(7)8;7-5-3-1-2-4-6-8/h15-18,22,24-29,36-37H,10-14,19-21,23,30,32-35H2,1-9H3;11-14,18-24,41H,6-10,15-17,25-28H2,1-5H3;12-15H,9,11H2,1-8H3;8H,1-7H2/p+2. The summed E-state index contributed by atoms with van der Waals surface area (Å²) in [6.45, 7) is 57.5. The number of aliphatic hydroxyl groups excluding tert-OH is 2. The number of amides is 2. The molecule has 125 heavy (non-hydrogen) atoms. The third-order valence-corrected chi connectivity index (χ3v) is 29.3. The van der Waals surface area contributed by atoms with Gasteiger partial charge in [-0.3, -0.25) is 9.59 Å². The predicted molar refractivity (Wildman–Crippen MR) is 528 cm³/mol. The number of benzene rings is 4. The number of nitriles is 2. The van der Waals surface area contributed by atoms with Crippen LogP contribution in [0.4, 0.5) is 22.7 Å². The number of fused-ring (bicyclic) bond motifs is 4. The minimum Gasteiger partial charge on any atom is -0.396 e. The fourth-order valence-corrected chi connectivity index (χ4v) is 21.9. The molecule has 0 bridgehead atoms. The van der Waals surface area contributed by atoms with Gasteiger partial charge in [0.25, 0.3) is 8.53 Å². The average Bonchev–Trinajstić information content (AvgIpc) is 1.60. The molecule has 2 amide bonds. The van der Waals surface area contributed by atoms with Crippen LogP contribution in [0.25, 0.3) is 0 Å². The number of anilines is 2. The lowest BCUT2D eigenvalue weighted by Gasteiger charge is -2.45. The fourth-order valence-electron chi connectivity index (χ4n) is 17.9. The minimum absolute atomic E-state index is 0.0400. The van der Waals surface area contributed by atoms with Crippen molar-refractivity contribution in [2.75, 3.05) is 88.6 Å². The van der Waals surface area contributed by atoms with Crippen LogP contribution in [-0.2, 0) is 44.8 Å². The lowest BCUT2D eigenvalue weighted by molar-refractivity contribution is -0.438. The number of aliphatic hydroxyl groups is 2. The van der Waals surface area contributed by atoms with Gasteiger partial charge in [0, 0.05) is 170 Å². The Hall–Kier alpha value is -6.80. The second kappa shape index (κ2) is 56.6.